The maximum absolute atomic E-state index is 12.4. The van der Waals surface area contributed by atoms with Crippen LogP contribution < -0.4 is 5.76 Å². The number of aromatic nitrogens is 4. The first-order chi connectivity index (χ1) is 15.1. The molecule has 9 nitrogen and oxygen atoms in total. The SMILES string of the molecule is Cc1nn(-c2ccccc2)c(COC(=O)Cn2nc(-c3ccccc3)oc2=O)c1C#N. The van der Waals surface area contributed by atoms with Gasteiger partial charge in [0.2, 0.25) is 5.89 Å². The van der Waals surface area contributed by atoms with Crippen molar-refractivity contribution < 1.29 is 13.9 Å². The number of nitriles is 1. The molecule has 4 aromatic rings. The number of carbonyl (C=O) groups is 1. The molecule has 2 heterocycles. The van der Waals surface area contributed by atoms with Crippen LogP contribution in [0.25, 0.3) is 17.1 Å². The molecule has 0 saturated heterocycles. The Morgan fingerprint density at radius 2 is 1.77 bits per heavy atom. The number of hydrogen-bond donors (Lipinski definition) is 0. The molecule has 154 valence electrons. The Morgan fingerprint density at radius 1 is 1.10 bits per heavy atom. The molecule has 31 heavy (non-hydrogen) atoms. The Labute approximate surface area is 176 Å². The van der Waals surface area contributed by atoms with Gasteiger partial charge in [0, 0.05) is 5.56 Å². The van der Waals surface area contributed by atoms with E-state index in [0.717, 1.165) is 10.4 Å². The highest BCUT2D eigenvalue weighted by Crippen LogP contribution is 2.19. The average molecular weight is 415 g/mol. The van der Waals surface area contributed by atoms with E-state index in [1.165, 1.54) is 0 Å². The second-order valence-corrected chi connectivity index (χ2v) is 6.62. The van der Waals surface area contributed by atoms with Gasteiger partial charge in [-0.05, 0) is 31.2 Å². The molecule has 9 heteroatoms. The van der Waals surface area contributed by atoms with Crippen molar-refractivity contribution in [2.45, 2.75) is 20.1 Å². The molecule has 0 aliphatic carbocycles. The Morgan fingerprint density at radius 3 is 2.45 bits per heavy atom. The van der Waals surface area contributed by atoms with Gasteiger partial charge in [-0.1, -0.05) is 36.4 Å². The fourth-order valence-corrected chi connectivity index (χ4v) is 3.06. The molecule has 0 saturated carbocycles. The summed E-state index contributed by atoms with van der Waals surface area (Å²) in [5.41, 5.74) is 2.65. The third-order valence-electron chi connectivity index (χ3n) is 4.54. The second-order valence-electron chi connectivity index (χ2n) is 6.62. The molecular formula is C22H17N5O4. The second kappa shape index (κ2) is 8.51. The molecule has 0 bridgehead atoms. The van der Waals surface area contributed by atoms with Gasteiger partial charge in [0.05, 0.1) is 17.1 Å². The van der Waals surface area contributed by atoms with Crippen LogP contribution >= 0.6 is 0 Å². The van der Waals surface area contributed by atoms with Crippen molar-refractivity contribution in [3.8, 4) is 23.2 Å². The topological polar surface area (TPSA) is 116 Å². The predicted octanol–water partition coefficient (Wildman–Crippen LogP) is 2.61. The van der Waals surface area contributed by atoms with Crippen LogP contribution in [0.5, 0.6) is 0 Å². The normalized spacial score (nSPS) is 10.6. The summed E-state index contributed by atoms with van der Waals surface area (Å²) in [6.45, 7) is 1.11. The Bertz CT molecular complexity index is 1310. The summed E-state index contributed by atoms with van der Waals surface area (Å²) in [4.78, 5) is 24.4. The van der Waals surface area contributed by atoms with E-state index in [-0.39, 0.29) is 12.5 Å². The van der Waals surface area contributed by atoms with Crippen molar-refractivity contribution in [1.29, 1.82) is 5.26 Å². The summed E-state index contributed by atoms with van der Waals surface area (Å²) in [6.07, 6.45) is 0. The molecule has 2 aromatic heterocycles. The number of hydrogen-bond acceptors (Lipinski definition) is 7. The van der Waals surface area contributed by atoms with Crippen LogP contribution in [0.1, 0.15) is 17.0 Å². The lowest BCUT2D eigenvalue weighted by Crippen LogP contribution is -2.23. The lowest BCUT2D eigenvalue weighted by molar-refractivity contribution is -0.146. The molecule has 0 aliphatic rings. The third kappa shape index (κ3) is 4.13. The summed E-state index contributed by atoms with van der Waals surface area (Å²) >= 11 is 0. The Kier molecular flexibility index (Phi) is 5.45. The quantitative estimate of drug-likeness (QED) is 0.444. The highest BCUT2D eigenvalue weighted by atomic mass is 16.5. The smallest absolute Gasteiger partial charge is 0.437 e. The molecule has 0 fully saturated rings. The van der Waals surface area contributed by atoms with Crippen LogP contribution in [0, 0.1) is 18.3 Å². The summed E-state index contributed by atoms with van der Waals surface area (Å²) < 4.78 is 12.9. The fourth-order valence-electron chi connectivity index (χ4n) is 3.06. The molecule has 0 atom stereocenters. The van der Waals surface area contributed by atoms with Gasteiger partial charge in [0.15, 0.2) is 0 Å². The van der Waals surface area contributed by atoms with Gasteiger partial charge in [-0.3, -0.25) is 4.79 Å². The van der Waals surface area contributed by atoms with E-state index >= 15 is 0 Å². The number of rotatable bonds is 6. The number of carbonyl (C=O) groups excluding carboxylic acids is 1. The largest absolute Gasteiger partial charge is 0.458 e. The zero-order valence-electron chi connectivity index (χ0n) is 16.6. The highest BCUT2D eigenvalue weighted by molar-refractivity contribution is 5.69. The minimum atomic E-state index is -0.765. The van der Waals surface area contributed by atoms with Crippen molar-refractivity contribution in [3.63, 3.8) is 0 Å². The van der Waals surface area contributed by atoms with Crippen molar-refractivity contribution in [1.82, 2.24) is 19.6 Å². The number of aryl methyl sites for hydroxylation is 1. The van der Waals surface area contributed by atoms with Crippen molar-refractivity contribution in [2.75, 3.05) is 0 Å². The third-order valence-corrected chi connectivity index (χ3v) is 4.54. The van der Waals surface area contributed by atoms with E-state index in [0.29, 0.717) is 22.5 Å². The fraction of sp³-hybridized carbons (Fsp3) is 0.136. The zero-order valence-corrected chi connectivity index (χ0v) is 16.6. The van der Waals surface area contributed by atoms with Gasteiger partial charge >= 0.3 is 11.7 Å². The van der Waals surface area contributed by atoms with Crippen molar-refractivity contribution in [3.05, 3.63) is 88.2 Å². The number of para-hydroxylation sites is 1. The maximum Gasteiger partial charge on any atom is 0.437 e. The lowest BCUT2D eigenvalue weighted by atomic mass is 10.2. The van der Waals surface area contributed by atoms with Crippen LogP contribution in [-0.2, 0) is 22.7 Å². The summed E-state index contributed by atoms with van der Waals surface area (Å²) in [5, 5.41) is 17.9. The van der Waals surface area contributed by atoms with Crippen LogP contribution in [-0.4, -0.2) is 25.5 Å². The minimum Gasteiger partial charge on any atom is -0.458 e. The first-order valence-corrected chi connectivity index (χ1v) is 9.40. The minimum absolute atomic E-state index is 0.114. The van der Waals surface area contributed by atoms with Crippen LogP contribution in [0.3, 0.4) is 0 Å². The molecule has 2 aromatic carbocycles. The van der Waals surface area contributed by atoms with E-state index < -0.39 is 18.3 Å². The number of nitrogens with zero attached hydrogens (tertiary/aromatic N) is 5. The predicted molar refractivity (Wildman–Crippen MR) is 109 cm³/mol. The van der Waals surface area contributed by atoms with Crippen LogP contribution in [0.15, 0.2) is 69.9 Å². The van der Waals surface area contributed by atoms with Gasteiger partial charge in [-0.15, -0.1) is 5.10 Å². The van der Waals surface area contributed by atoms with E-state index in [4.69, 9.17) is 9.15 Å². The van der Waals surface area contributed by atoms with Gasteiger partial charge < -0.3 is 9.15 Å². The van der Waals surface area contributed by atoms with E-state index in [9.17, 15) is 14.9 Å². The summed E-state index contributed by atoms with van der Waals surface area (Å²) in [7, 11) is 0. The number of ether oxygens (including phenoxy) is 1. The van der Waals surface area contributed by atoms with Crippen LogP contribution in [0.2, 0.25) is 0 Å². The molecule has 0 N–H and O–H groups in total. The standard InChI is InChI=1S/C22H17N5O4/c1-15-18(12-23)19(27(24-15)17-10-6-3-7-11-17)14-30-20(28)13-26-22(29)31-21(25-26)16-8-4-2-5-9-16/h2-11H,13-14H2,1H3. The Balaban J connectivity index is 1.51. The number of benzene rings is 2. The monoisotopic (exact) mass is 415 g/mol. The molecule has 0 aliphatic heterocycles. The van der Waals surface area contributed by atoms with Gasteiger partial charge in [-0.25, -0.2) is 9.48 Å². The van der Waals surface area contributed by atoms with Crippen molar-refractivity contribution in [2.24, 2.45) is 0 Å². The maximum atomic E-state index is 12.4. The molecule has 0 radical (unpaired) electrons. The first-order valence-electron chi connectivity index (χ1n) is 9.40. The molecule has 0 unspecified atom stereocenters. The molecule has 0 amide bonds. The van der Waals surface area contributed by atoms with E-state index in [1.807, 2.05) is 36.4 Å². The molecular weight excluding hydrogens is 398 g/mol. The van der Waals surface area contributed by atoms with E-state index in [1.54, 1.807) is 35.9 Å². The van der Waals surface area contributed by atoms with Crippen molar-refractivity contribution >= 4 is 5.97 Å². The number of esters is 1. The van der Waals surface area contributed by atoms with Gasteiger partial charge in [0.25, 0.3) is 0 Å². The first kappa shape index (κ1) is 19.8. The molecule has 0 spiro atoms. The van der Waals surface area contributed by atoms with E-state index in [2.05, 4.69) is 16.3 Å². The zero-order chi connectivity index (χ0) is 21.8. The molecule has 4 rings (SSSR count). The van der Waals surface area contributed by atoms with Gasteiger partial charge in [-0.2, -0.15) is 15.0 Å². The summed E-state index contributed by atoms with van der Waals surface area (Å²) in [5.74, 6) is -1.35. The average Bonchev–Trinajstić information content (AvgIpc) is 3.32. The highest BCUT2D eigenvalue weighted by Gasteiger charge is 2.19. The lowest BCUT2D eigenvalue weighted by Gasteiger charge is -2.08. The summed E-state index contributed by atoms with van der Waals surface area (Å²) in [6, 6.07) is 20.2. The Hall–Kier alpha value is -4.45. The van der Waals surface area contributed by atoms with Crippen LogP contribution in [0.4, 0.5) is 0 Å². The van der Waals surface area contributed by atoms with Gasteiger partial charge in [0.1, 0.15) is 24.8 Å².